The second-order valence-electron chi connectivity index (χ2n) is 6.55. The predicted molar refractivity (Wildman–Crippen MR) is 93.4 cm³/mol. The van der Waals surface area contributed by atoms with Gasteiger partial charge in [-0.3, -0.25) is 0 Å². The zero-order valence-electron chi connectivity index (χ0n) is 13.6. The van der Waals surface area contributed by atoms with Gasteiger partial charge in [0, 0.05) is 35.9 Å². The van der Waals surface area contributed by atoms with E-state index in [1.54, 1.807) is 12.1 Å². The molecule has 2 atom stereocenters. The number of H-pyrrole nitrogens is 1. The zero-order chi connectivity index (χ0) is 16.7. The molecule has 3 aromatic rings. The molecular formula is C20H20F2N2. The Morgan fingerprint density at radius 3 is 2.58 bits per heavy atom. The third-order valence-corrected chi connectivity index (χ3v) is 5.03. The molecule has 1 saturated carbocycles. The molecule has 1 aliphatic carbocycles. The Kier molecular flexibility index (Phi) is 3.75. The van der Waals surface area contributed by atoms with Crippen molar-refractivity contribution in [1.29, 1.82) is 0 Å². The van der Waals surface area contributed by atoms with E-state index in [1.165, 1.54) is 23.8 Å². The molecule has 2 aromatic carbocycles. The highest BCUT2D eigenvalue weighted by Crippen LogP contribution is 2.50. The summed E-state index contributed by atoms with van der Waals surface area (Å²) in [6.45, 7) is 3.94. The second kappa shape index (κ2) is 5.93. The van der Waals surface area contributed by atoms with Gasteiger partial charge < -0.3 is 9.88 Å². The number of aromatic amines is 1. The lowest BCUT2D eigenvalue weighted by Crippen LogP contribution is -2.25. The lowest BCUT2D eigenvalue weighted by molar-refractivity contribution is 0.627. The third kappa shape index (κ3) is 2.77. The van der Waals surface area contributed by atoms with Gasteiger partial charge in [0.05, 0.1) is 0 Å². The molecule has 24 heavy (non-hydrogen) atoms. The Hall–Kier alpha value is -2.36. The van der Waals surface area contributed by atoms with Crippen molar-refractivity contribution < 1.29 is 8.78 Å². The van der Waals surface area contributed by atoms with E-state index in [0.717, 1.165) is 36.1 Å². The SMILES string of the molecule is CCN(C[C@@H]1C[C@H]1c1c[nH]c2ccc(F)cc12)c1ccc(F)cc1. The molecule has 2 nitrogen and oxygen atoms in total. The monoisotopic (exact) mass is 326 g/mol. The first-order chi connectivity index (χ1) is 11.7. The molecule has 1 aromatic heterocycles. The number of nitrogens with zero attached hydrogens (tertiary/aromatic N) is 1. The standard InChI is InChI=1S/C20H20F2N2/c1-2-24(16-6-3-14(21)4-7-16)12-13-9-17(13)19-11-23-20-8-5-15(22)10-18(19)20/h3-8,10-11,13,17,23H,2,9,12H2,1H3/t13-,17+/m0/s1. The molecule has 0 aliphatic heterocycles. The number of aromatic nitrogens is 1. The minimum Gasteiger partial charge on any atom is -0.372 e. The van der Waals surface area contributed by atoms with Gasteiger partial charge in [0.1, 0.15) is 11.6 Å². The first-order valence-corrected chi connectivity index (χ1v) is 8.42. The van der Waals surface area contributed by atoms with E-state index >= 15 is 0 Å². The molecule has 1 fully saturated rings. The van der Waals surface area contributed by atoms with Gasteiger partial charge in [-0.2, -0.15) is 0 Å². The molecule has 0 radical (unpaired) electrons. The van der Waals surface area contributed by atoms with E-state index in [1.807, 2.05) is 18.3 Å². The van der Waals surface area contributed by atoms with Crippen LogP contribution in [0.1, 0.15) is 24.8 Å². The Balaban J connectivity index is 1.51. The fraction of sp³-hybridized carbons (Fsp3) is 0.300. The summed E-state index contributed by atoms with van der Waals surface area (Å²) in [7, 11) is 0. The topological polar surface area (TPSA) is 19.0 Å². The second-order valence-corrected chi connectivity index (χ2v) is 6.55. The van der Waals surface area contributed by atoms with Crippen molar-refractivity contribution >= 4 is 16.6 Å². The van der Waals surface area contributed by atoms with Crippen molar-refractivity contribution in [3.8, 4) is 0 Å². The van der Waals surface area contributed by atoms with Crippen LogP contribution in [-0.4, -0.2) is 18.1 Å². The number of rotatable bonds is 5. The molecule has 0 saturated heterocycles. The molecule has 0 spiro atoms. The maximum absolute atomic E-state index is 13.5. The van der Waals surface area contributed by atoms with Crippen LogP contribution in [0.3, 0.4) is 0 Å². The Labute approximate surface area is 140 Å². The van der Waals surface area contributed by atoms with Gasteiger partial charge in [-0.25, -0.2) is 8.78 Å². The summed E-state index contributed by atoms with van der Waals surface area (Å²) in [6.07, 6.45) is 3.13. The third-order valence-electron chi connectivity index (χ3n) is 5.03. The number of halogens is 2. The molecule has 1 N–H and O–H groups in total. The summed E-state index contributed by atoms with van der Waals surface area (Å²) < 4.78 is 26.6. The van der Waals surface area contributed by atoms with E-state index in [2.05, 4.69) is 16.8 Å². The summed E-state index contributed by atoms with van der Waals surface area (Å²) in [5.41, 5.74) is 3.25. The van der Waals surface area contributed by atoms with Crippen LogP contribution in [0.5, 0.6) is 0 Å². The Bertz CT molecular complexity index is 854. The van der Waals surface area contributed by atoms with Crippen LogP contribution in [-0.2, 0) is 0 Å². The first kappa shape index (κ1) is 15.2. The maximum Gasteiger partial charge on any atom is 0.123 e. The molecule has 0 amide bonds. The highest BCUT2D eigenvalue weighted by molar-refractivity contribution is 5.84. The smallest absolute Gasteiger partial charge is 0.123 e. The summed E-state index contributed by atoms with van der Waals surface area (Å²) in [4.78, 5) is 5.52. The minimum absolute atomic E-state index is 0.193. The van der Waals surface area contributed by atoms with E-state index in [4.69, 9.17) is 0 Å². The Morgan fingerprint density at radius 1 is 1.08 bits per heavy atom. The van der Waals surface area contributed by atoms with E-state index < -0.39 is 0 Å². The van der Waals surface area contributed by atoms with Gasteiger partial charge in [0.2, 0.25) is 0 Å². The van der Waals surface area contributed by atoms with Crippen molar-refractivity contribution in [2.75, 3.05) is 18.0 Å². The molecule has 124 valence electrons. The van der Waals surface area contributed by atoms with Gasteiger partial charge in [0.25, 0.3) is 0 Å². The summed E-state index contributed by atoms with van der Waals surface area (Å²) in [5, 5.41) is 0.993. The van der Waals surface area contributed by atoms with Gasteiger partial charge >= 0.3 is 0 Å². The van der Waals surface area contributed by atoms with Crippen molar-refractivity contribution in [2.45, 2.75) is 19.3 Å². The van der Waals surface area contributed by atoms with Crippen LogP contribution < -0.4 is 4.90 Å². The highest BCUT2D eigenvalue weighted by Gasteiger charge is 2.40. The van der Waals surface area contributed by atoms with Crippen molar-refractivity contribution in [1.82, 2.24) is 4.98 Å². The number of anilines is 1. The van der Waals surface area contributed by atoms with Crippen molar-refractivity contribution in [3.63, 3.8) is 0 Å². The van der Waals surface area contributed by atoms with Crippen molar-refractivity contribution in [3.05, 3.63) is 65.9 Å². The van der Waals surface area contributed by atoms with E-state index in [0.29, 0.717) is 11.8 Å². The molecule has 0 bridgehead atoms. The Morgan fingerprint density at radius 2 is 1.83 bits per heavy atom. The van der Waals surface area contributed by atoms with Crippen LogP contribution in [0.15, 0.2) is 48.7 Å². The fourth-order valence-corrected chi connectivity index (χ4v) is 3.60. The average Bonchev–Trinajstić information content (AvgIpc) is 3.22. The molecule has 1 aliphatic rings. The van der Waals surface area contributed by atoms with E-state index in [9.17, 15) is 8.78 Å². The lowest BCUT2D eigenvalue weighted by Gasteiger charge is -2.23. The van der Waals surface area contributed by atoms with Gasteiger partial charge in [0.15, 0.2) is 0 Å². The first-order valence-electron chi connectivity index (χ1n) is 8.42. The van der Waals surface area contributed by atoms with Gasteiger partial charge in [-0.1, -0.05) is 0 Å². The highest BCUT2D eigenvalue weighted by atomic mass is 19.1. The summed E-state index contributed by atoms with van der Waals surface area (Å²) in [6, 6.07) is 11.6. The van der Waals surface area contributed by atoms with E-state index in [-0.39, 0.29) is 11.6 Å². The number of hydrogen-bond acceptors (Lipinski definition) is 1. The summed E-state index contributed by atoms with van der Waals surface area (Å²) in [5.74, 6) is 0.620. The predicted octanol–water partition coefficient (Wildman–Crippen LogP) is 5.08. The van der Waals surface area contributed by atoms with Crippen molar-refractivity contribution in [2.24, 2.45) is 5.92 Å². The summed E-state index contributed by atoms with van der Waals surface area (Å²) >= 11 is 0. The van der Waals surface area contributed by atoms with Gasteiger partial charge in [-0.15, -0.1) is 0 Å². The molecule has 0 unspecified atom stereocenters. The lowest BCUT2D eigenvalue weighted by atomic mass is 10.1. The van der Waals surface area contributed by atoms with Crippen LogP contribution in [0.2, 0.25) is 0 Å². The molecule has 4 rings (SSSR count). The molecular weight excluding hydrogens is 306 g/mol. The zero-order valence-corrected chi connectivity index (χ0v) is 13.6. The number of fused-ring (bicyclic) bond motifs is 1. The largest absolute Gasteiger partial charge is 0.372 e. The quantitative estimate of drug-likeness (QED) is 0.693. The van der Waals surface area contributed by atoms with Gasteiger partial charge in [-0.05, 0) is 73.2 Å². The minimum atomic E-state index is -0.208. The number of benzene rings is 2. The van der Waals surface area contributed by atoms with Crippen LogP contribution in [0.4, 0.5) is 14.5 Å². The fourth-order valence-electron chi connectivity index (χ4n) is 3.60. The van der Waals surface area contributed by atoms with Crippen LogP contribution in [0.25, 0.3) is 10.9 Å². The average molecular weight is 326 g/mol. The number of nitrogens with one attached hydrogen (secondary N) is 1. The normalized spacial score (nSPS) is 19.6. The van der Waals surface area contributed by atoms with Crippen LogP contribution >= 0.6 is 0 Å². The molecule has 1 heterocycles. The maximum atomic E-state index is 13.5. The van der Waals surface area contributed by atoms with Crippen LogP contribution in [0, 0.1) is 17.6 Å². The molecule has 4 heteroatoms. The number of hydrogen-bond donors (Lipinski definition) is 1.